The first-order chi connectivity index (χ1) is 11.5. The molecule has 0 fully saturated rings. The standard InChI is InChI=1S/C15H12ClN5O2S/c16-11-3-1-2-4-12(11)20-15(23)19-9-6-18-21(7-9)10-5-13(14(17)22)24-8-10/h1-8H,(H2,17,22)(H2,19,20,23). The molecule has 0 atom stereocenters. The molecule has 122 valence electrons. The fraction of sp³-hybridized carbons (Fsp3) is 0. The average molecular weight is 362 g/mol. The monoisotopic (exact) mass is 361 g/mol. The predicted octanol–water partition coefficient (Wildman–Crippen LogP) is 3.33. The average Bonchev–Trinajstić information content (AvgIpc) is 3.18. The molecule has 0 unspecified atom stereocenters. The van der Waals surface area contributed by atoms with Crippen molar-refractivity contribution in [2.24, 2.45) is 5.73 Å². The summed E-state index contributed by atoms with van der Waals surface area (Å²) in [6, 6.07) is 8.12. The fourth-order valence-corrected chi connectivity index (χ4v) is 2.86. The van der Waals surface area contributed by atoms with Gasteiger partial charge in [0.25, 0.3) is 5.91 Å². The van der Waals surface area contributed by atoms with Crippen molar-refractivity contribution in [2.75, 3.05) is 10.6 Å². The molecule has 2 aromatic heterocycles. The van der Waals surface area contributed by atoms with Gasteiger partial charge in [-0.25, -0.2) is 9.48 Å². The quantitative estimate of drug-likeness (QED) is 0.664. The van der Waals surface area contributed by atoms with Crippen LogP contribution in [0.15, 0.2) is 48.1 Å². The first-order valence-electron chi connectivity index (χ1n) is 6.79. The summed E-state index contributed by atoms with van der Waals surface area (Å²) in [6.07, 6.45) is 3.12. The fourth-order valence-electron chi connectivity index (χ4n) is 1.95. The molecule has 2 heterocycles. The van der Waals surface area contributed by atoms with Gasteiger partial charge in [-0.05, 0) is 18.2 Å². The number of anilines is 2. The van der Waals surface area contributed by atoms with Gasteiger partial charge in [0.1, 0.15) is 0 Å². The molecule has 0 radical (unpaired) electrons. The number of amides is 3. The lowest BCUT2D eigenvalue weighted by Crippen LogP contribution is -2.19. The number of primary amides is 1. The van der Waals surface area contributed by atoms with Gasteiger partial charge < -0.3 is 16.4 Å². The molecule has 0 aliphatic heterocycles. The number of nitrogens with two attached hydrogens (primary N) is 1. The second-order valence-corrected chi connectivity index (χ2v) is 6.08. The van der Waals surface area contributed by atoms with E-state index in [1.54, 1.807) is 41.9 Å². The van der Waals surface area contributed by atoms with E-state index in [4.69, 9.17) is 17.3 Å². The van der Waals surface area contributed by atoms with Crippen molar-refractivity contribution in [1.82, 2.24) is 9.78 Å². The van der Waals surface area contributed by atoms with Gasteiger partial charge in [0.05, 0.1) is 39.4 Å². The highest BCUT2D eigenvalue weighted by Gasteiger charge is 2.10. The number of halogens is 1. The lowest BCUT2D eigenvalue weighted by atomic mass is 10.3. The minimum Gasteiger partial charge on any atom is -0.365 e. The van der Waals surface area contributed by atoms with Crippen molar-refractivity contribution in [3.63, 3.8) is 0 Å². The first-order valence-corrected chi connectivity index (χ1v) is 8.04. The summed E-state index contributed by atoms with van der Waals surface area (Å²) in [5.41, 5.74) is 6.92. The molecule has 7 nitrogen and oxygen atoms in total. The van der Waals surface area contributed by atoms with Crippen molar-refractivity contribution in [1.29, 1.82) is 0 Å². The van der Waals surface area contributed by atoms with Gasteiger partial charge >= 0.3 is 6.03 Å². The number of hydrogen-bond donors (Lipinski definition) is 3. The number of carbonyl (C=O) groups is 2. The van der Waals surface area contributed by atoms with Crippen LogP contribution in [-0.4, -0.2) is 21.7 Å². The molecule has 0 saturated heterocycles. The largest absolute Gasteiger partial charge is 0.365 e. The molecular weight excluding hydrogens is 350 g/mol. The van der Waals surface area contributed by atoms with E-state index < -0.39 is 11.9 Å². The number of carbonyl (C=O) groups excluding carboxylic acids is 2. The lowest BCUT2D eigenvalue weighted by molar-refractivity contribution is 0.100. The van der Waals surface area contributed by atoms with Gasteiger partial charge in [0, 0.05) is 5.38 Å². The van der Waals surface area contributed by atoms with Crippen molar-refractivity contribution in [3.8, 4) is 5.69 Å². The van der Waals surface area contributed by atoms with Crippen LogP contribution in [-0.2, 0) is 0 Å². The molecular formula is C15H12ClN5O2S. The number of nitrogens with one attached hydrogen (secondary N) is 2. The van der Waals surface area contributed by atoms with Crippen molar-refractivity contribution in [3.05, 3.63) is 58.0 Å². The van der Waals surface area contributed by atoms with E-state index in [9.17, 15) is 9.59 Å². The van der Waals surface area contributed by atoms with E-state index in [-0.39, 0.29) is 0 Å². The van der Waals surface area contributed by atoms with E-state index in [1.165, 1.54) is 22.2 Å². The summed E-state index contributed by atoms with van der Waals surface area (Å²) in [6.45, 7) is 0. The number of aromatic nitrogens is 2. The summed E-state index contributed by atoms with van der Waals surface area (Å²) in [5, 5.41) is 11.6. The molecule has 0 saturated carbocycles. The smallest absolute Gasteiger partial charge is 0.323 e. The number of rotatable bonds is 4. The highest BCUT2D eigenvalue weighted by atomic mass is 35.5. The maximum Gasteiger partial charge on any atom is 0.323 e. The van der Waals surface area contributed by atoms with E-state index >= 15 is 0 Å². The van der Waals surface area contributed by atoms with Gasteiger partial charge in [0.2, 0.25) is 0 Å². The molecule has 3 amide bonds. The Balaban J connectivity index is 1.68. The van der Waals surface area contributed by atoms with Crippen LogP contribution in [0.3, 0.4) is 0 Å². The second-order valence-electron chi connectivity index (χ2n) is 4.77. The summed E-state index contributed by atoms with van der Waals surface area (Å²) in [4.78, 5) is 23.6. The van der Waals surface area contributed by atoms with Gasteiger partial charge in [0.15, 0.2) is 0 Å². The highest BCUT2D eigenvalue weighted by molar-refractivity contribution is 7.12. The van der Waals surface area contributed by atoms with Crippen LogP contribution < -0.4 is 16.4 Å². The molecule has 3 rings (SSSR count). The van der Waals surface area contributed by atoms with Crippen molar-refractivity contribution in [2.45, 2.75) is 0 Å². The highest BCUT2D eigenvalue weighted by Crippen LogP contribution is 2.21. The number of hydrogen-bond acceptors (Lipinski definition) is 4. The molecule has 0 bridgehead atoms. The lowest BCUT2D eigenvalue weighted by Gasteiger charge is -2.07. The Hall–Kier alpha value is -2.84. The molecule has 9 heteroatoms. The molecule has 1 aromatic carbocycles. The third kappa shape index (κ3) is 3.55. The number of nitrogens with zero attached hydrogens (tertiary/aromatic N) is 2. The Morgan fingerprint density at radius 1 is 1.25 bits per heavy atom. The van der Waals surface area contributed by atoms with E-state index in [0.717, 1.165) is 0 Å². The topological polar surface area (TPSA) is 102 Å². The minimum absolute atomic E-state index is 0.437. The third-order valence-corrected chi connectivity index (χ3v) is 4.32. The molecule has 0 aliphatic rings. The zero-order chi connectivity index (χ0) is 17.1. The molecule has 24 heavy (non-hydrogen) atoms. The molecule has 3 aromatic rings. The van der Waals surface area contributed by atoms with Crippen LogP contribution in [0, 0.1) is 0 Å². The van der Waals surface area contributed by atoms with Gasteiger partial charge in [-0.1, -0.05) is 23.7 Å². The van der Waals surface area contributed by atoms with E-state index in [1.807, 2.05) is 0 Å². The van der Waals surface area contributed by atoms with Crippen LogP contribution in [0.25, 0.3) is 5.69 Å². The van der Waals surface area contributed by atoms with Crippen LogP contribution in [0.4, 0.5) is 16.2 Å². The Morgan fingerprint density at radius 3 is 2.75 bits per heavy atom. The van der Waals surface area contributed by atoms with Gasteiger partial charge in [-0.15, -0.1) is 11.3 Å². The van der Waals surface area contributed by atoms with Crippen LogP contribution >= 0.6 is 22.9 Å². The van der Waals surface area contributed by atoms with Crippen molar-refractivity contribution < 1.29 is 9.59 Å². The number of benzene rings is 1. The third-order valence-electron chi connectivity index (χ3n) is 3.06. The summed E-state index contributed by atoms with van der Waals surface area (Å²) >= 11 is 7.22. The summed E-state index contributed by atoms with van der Waals surface area (Å²) in [7, 11) is 0. The van der Waals surface area contributed by atoms with Gasteiger partial charge in [-0.2, -0.15) is 5.10 Å². The van der Waals surface area contributed by atoms with Crippen LogP contribution in [0.5, 0.6) is 0 Å². The van der Waals surface area contributed by atoms with Crippen LogP contribution in [0.2, 0.25) is 5.02 Å². The maximum atomic E-state index is 12.0. The second kappa shape index (κ2) is 6.73. The normalized spacial score (nSPS) is 10.4. The summed E-state index contributed by atoms with van der Waals surface area (Å²) in [5.74, 6) is -0.490. The van der Waals surface area contributed by atoms with Crippen molar-refractivity contribution >= 4 is 46.3 Å². The van der Waals surface area contributed by atoms with Gasteiger partial charge in [-0.3, -0.25) is 4.79 Å². The Morgan fingerprint density at radius 2 is 2.04 bits per heavy atom. The minimum atomic E-state index is -0.490. The Bertz CT molecular complexity index is 905. The maximum absolute atomic E-state index is 12.0. The molecule has 0 spiro atoms. The van der Waals surface area contributed by atoms with E-state index in [2.05, 4.69) is 15.7 Å². The Labute approximate surface area is 146 Å². The number of urea groups is 1. The number of thiophene rings is 1. The molecule has 4 N–H and O–H groups in total. The zero-order valence-corrected chi connectivity index (χ0v) is 13.8. The van der Waals surface area contributed by atoms with Crippen LogP contribution in [0.1, 0.15) is 9.67 Å². The number of para-hydroxylation sites is 1. The first kappa shape index (κ1) is 16.0. The summed E-state index contributed by atoms with van der Waals surface area (Å²) < 4.78 is 1.54. The SMILES string of the molecule is NC(=O)c1cc(-n2cc(NC(=O)Nc3ccccc3Cl)cn2)cs1. The molecule has 0 aliphatic carbocycles. The zero-order valence-electron chi connectivity index (χ0n) is 12.2. The van der Waals surface area contributed by atoms with E-state index in [0.29, 0.717) is 27.0 Å². The Kier molecular flexibility index (Phi) is 4.50. The predicted molar refractivity (Wildman–Crippen MR) is 94.1 cm³/mol.